The van der Waals surface area contributed by atoms with Crippen molar-refractivity contribution in [3.05, 3.63) is 40.7 Å². The molecule has 0 saturated heterocycles. The zero-order valence-corrected chi connectivity index (χ0v) is 18.4. The molecule has 0 atom stereocenters. The number of aliphatic hydroxyl groups excluding tert-OH is 1. The predicted molar refractivity (Wildman–Crippen MR) is 121 cm³/mol. The number of anilines is 3. The Hall–Kier alpha value is -3.00. The van der Waals surface area contributed by atoms with Crippen molar-refractivity contribution in [2.75, 3.05) is 10.6 Å². The van der Waals surface area contributed by atoms with Gasteiger partial charge < -0.3 is 21.5 Å². The van der Waals surface area contributed by atoms with Gasteiger partial charge in [-0.05, 0) is 56.7 Å². The van der Waals surface area contributed by atoms with Crippen LogP contribution >= 0.6 is 0 Å². The van der Waals surface area contributed by atoms with Gasteiger partial charge >= 0.3 is 0 Å². The first-order valence-electron chi connectivity index (χ1n) is 10.9. The van der Waals surface area contributed by atoms with E-state index in [0.29, 0.717) is 35.6 Å². The Labute approximate surface area is 182 Å². The minimum absolute atomic E-state index is 0.0468. The third-order valence-corrected chi connectivity index (χ3v) is 5.70. The van der Waals surface area contributed by atoms with Crippen LogP contribution in [0.15, 0.2) is 18.2 Å². The molecule has 1 aromatic heterocycles. The number of benzene rings is 1. The number of rotatable bonds is 8. The molecular weight excluding hydrogens is 394 g/mol. The minimum Gasteiger partial charge on any atom is -0.393 e. The number of aryl methyl sites for hydroxylation is 2. The predicted octanol–water partition coefficient (Wildman–Crippen LogP) is 3.50. The van der Waals surface area contributed by atoms with E-state index in [2.05, 4.69) is 20.6 Å². The number of amides is 1. The molecule has 0 unspecified atom stereocenters. The summed E-state index contributed by atoms with van der Waals surface area (Å²) < 4.78 is 0. The van der Waals surface area contributed by atoms with E-state index in [1.165, 1.54) is 0 Å². The molecule has 8 heteroatoms. The topological polar surface area (TPSA) is 130 Å². The number of hydrogen-bond acceptors (Lipinski definition) is 7. The second-order valence-electron chi connectivity index (χ2n) is 8.02. The number of ketones is 1. The van der Waals surface area contributed by atoms with Crippen LogP contribution in [0.25, 0.3) is 0 Å². The summed E-state index contributed by atoms with van der Waals surface area (Å²) in [4.78, 5) is 33.4. The smallest absolute Gasteiger partial charge is 0.271 e. The molecule has 1 fully saturated rings. The van der Waals surface area contributed by atoms with Gasteiger partial charge in [0.1, 0.15) is 5.82 Å². The van der Waals surface area contributed by atoms with Crippen molar-refractivity contribution in [1.29, 1.82) is 0 Å². The first kappa shape index (κ1) is 22.7. The van der Waals surface area contributed by atoms with E-state index in [1.54, 1.807) is 6.07 Å². The quantitative estimate of drug-likeness (QED) is 0.476. The SMILES string of the molecule is CCC(=O)c1cc(Nc2nc(NC3CCC(O)CC3)c(CC)nc2C(N)=O)ccc1C. The van der Waals surface area contributed by atoms with Crippen LogP contribution in [-0.2, 0) is 6.42 Å². The fourth-order valence-electron chi connectivity index (χ4n) is 3.83. The molecule has 1 heterocycles. The fourth-order valence-corrected chi connectivity index (χ4v) is 3.83. The van der Waals surface area contributed by atoms with Crippen LogP contribution in [0.2, 0.25) is 0 Å². The molecule has 8 nitrogen and oxygen atoms in total. The largest absolute Gasteiger partial charge is 0.393 e. The number of Topliss-reactive ketones (excluding diaryl/α,β-unsaturated/α-hetero) is 1. The highest BCUT2D eigenvalue weighted by Crippen LogP contribution is 2.27. The molecule has 0 bridgehead atoms. The van der Waals surface area contributed by atoms with Gasteiger partial charge in [0.2, 0.25) is 0 Å². The number of aromatic nitrogens is 2. The maximum absolute atomic E-state index is 12.2. The number of carbonyl (C=O) groups is 2. The molecule has 1 amide bonds. The van der Waals surface area contributed by atoms with Gasteiger partial charge in [0.25, 0.3) is 5.91 Å². The molecule has 1 aromatic carbocycles. The summed E-state index contributed by atoms with van der Waals surface area (Å²) in [6.45, 7) is 5.66. The molecule has 1 aliphatic carbocycles. The van der Waals surface area contributed by atoms with Gasteiger partial charge in [0.05, 0.1) is 11.8 Å². The van der Waals surface area contributed by atoms with Crippen molar-refractivity contribution < 1.29 is 14.7 Å². The van der Waals surface area contributed by atoms with E-state index in [9.17, 15) is 14.7 Å². The monoisotopic (exact) mass is 425 g/mol. The van der Waals surface area contributed by atoms with Crippen LogP contribution in [0.4, 0.5) is 17.3 Å². The summed E-state index contributed by atoms with van der Waals surface area (Å²) in [5.74, 6) is 0.231. The average Bonchev–Trinajstić information content (AvgIpc) is 2.76. The zero-order chi connectivity index (χ0) is 22.5. The number of nitrogens with two attached hydrogens (primary N) is 1. The van der Waals surface area contributed by atoms with E-state index in [1.807, 2.05) is 32.9 Å². The number of primary amides is 1. The van der Waals surface area contributed by atoms with Crippen molar-refractivity contribution in [3.63, 3.8) is 0 Å². The Balaban J connectivity index is 1.95. The lowest BCUT2D eigenvalue weighted by atomic mass is 9.93. The van der Waals surface area contributed by atoms with Crippen LogP contribution in [0.5, 0.6) is 0 Å². The molecule has 5 N–H and O–H groups in total. The molecule has 0 spiro atoms. The maximum atomic E-state index is 12.2. The number of nitrogens with one attached hydrogen (secondary N) is 2. The lowest BCUT2D eigenvalue weighted by molar-refractivity contribution is 0.0982. The van der Waals surface area contributed by atoms with Crippen molar-refractivity contribution >= 4 is 29.0 Å². The van der Waals surface area contributed by atoms with Crippen LogP contribution in [0, 0.1) is 6.92 Å². The molecule has 3 rings (SSSR count). The lowest BCUT2D eigenvalue weighted by Crippen LogP contribution is -2.29. The lowest BCUT2D eigenvalue weighted by Gasteiger charge is -2.27. The van der Waals surface area contributed by atoms with Gasteiger partial charge in [-0.25, -0.2) is 9.97 Å². The Morgan fingerprint density at radius 2 is 1.84 bits per heavy atom. The first-order chi connectivity index (χ1) is 14.8. The van der Waals surface area contributed by atoms with Crippen LogP contribution in [0.1, 0.15) is 78.1 Å². The van der Waals surface area contributed by atoms with Crippen LogP contribution < -0.4 is 16.4 Å². The molecule has 1 aliphatic rings. The average molecular weight is 426 g/mol. The number of carbonyl (C=O) groups excluding carboxylic acids is 2. The summed E-state index contributed by atoms with van der Waals surface area (Å²) >= 11 is 0. The van der Waals surface area contributed by atoms with Gasteiger partial charge in [0, 0.05) is 23.7 Å². The van der Waals surface area contributed by atoms with E-state index in [0.717, 1.165) is 31.2 Å². The minimum atomic E-state index is -0.672. The third-order valence-electron chi connectivity index (χ3n) is 5.70. The molecule has 0 radical (unpaired) electrons. The Kier molecular flexibility index (Phi) is 7.22. The molecule has 1 saturated carbocycles. The summed E-state index contributed by atoms with van der Waals surface area (Å²) in [5.41, 5.74) is 8.46. The number of hydrogen-bond donors (Lipinski definition) is 4. The van der Waals surface area contributed by atoms with E-state index < -0.39 is 5.91 Å². The molecular formula is C23H31N5O3. The normalized spacial score (nSPS) is 18.5. The zero-order valence-electron chi connectivity index (χ0n) is 18.4. The molecule has 2 aromatic rings. The van der Waals surface area contributed by atoms with Gasteiger partial charge in [-0.2, -0.15) is 0 Å². The van der Waals surface area contributed by atoms with Crippen molar-refractivity contribution in [2.24, 2.45) is 5.73 Å². The summed E-state index contributed by atoms with van der Waals surface area (Å²) in [7, 11) is 0. The molecule has 166 valence electrons. The number of nitrogens with zero attached hydrogens (tertiary/aromatic N) is 2. The standard InChI is InChI=1S/C23H31N5O3/c1-4-18-22(25-14-8-10-16(29)11-9-14)28-23(20(27-18)21(24)31)26-15-7-6-13(3)17(12-15)19(30)5-2/h6-7,12,14,16,29H,4-5,8-11H2,1-3H3,(H2,24,31)(H2,25,26,28). The Morgan fingerprint density at radius 3 is 2.45 bits per heavy atom. The van der Waals surface area contributed by atoms with E-state index >= 15 is 0 Å². The highest BCUT2D eigenvalue weighted by molar-refractivity contribution is 5.99. The molecule has 31 heavy (non-hydrogen) atoms. The van der Waals surface area contributed by atoms with Crippen molar-refractivity contribution in [2.45, 2.75) is 71.4 Å². The summed E-state index contributed by atoms with van der Waals surface area (Å²) in [6.07, 6.45) is 3.92. The Bertz CT molecular complexity index is 968. The maximum Gasteiger partial charge on any atom is 0.271 e. The fraction of sp³-hybridized carbons (Fsp3) is 0.478. The second-order valence-corrected chi connectivity index (χ2v) is 8.02. The summed E-state index contributed by atoms with van der Waals surface area (Å²) in [5, 5.41) is 16.3. The Morgan fingerprint density at radius 1 is 1.13 bits per heavy atom. The van der Waals surface area contributed by atoms with Gasteiger partial charge in [0.15, 0.2) is 17.3 Å². The van der Waals surface area contributed by atoms with Crippen LogP contribution in [0.3, 0.4) is 0 Å². The summed E-state index contributed by atoms with van der Waals surface area (Å²) in [6, 6.07) is 5.63. The van der Waals surface area contributed by atoms with E-state index in [-0.39, 0.29) is 29.4 Å². The van der Waals surface area contributed by atoms with Gasteiger partial charge in [-0.3, -0.25) is 9.59 Å². The van der Waals surface area contributed by atoms with Gasteiger partial charge in [-0.1, -0.05) is 19.9 Å². The van der Waals surface area contributed by atoms with E-state index in [4.69, 9.17) is 5.73 Å². The highest BCUT2D eigenvalue weighted by atomic mass is 16.3. The van der Waals surface area contributed by atoms with Crippen molar-refractivity contribution in [3.8, 4) is 0 Å². The third kappa shape index (κ3) is 5.38. The number of aliphatic hydroxyl groups is 1. The second kappa shape index (κ2) is 9.87. The highest BCUT2D eigenvalue weighted by Gasteiger charge is 2.23. The van der Waals surface area contributed by atoms with Crippen molar-refractivity contribution in [1.82, 2.24) is 9.97 Å². The molecule has 0 aliphatic heterocycles. The van der Waals surface area contributed by atoms with Crippen LogP contribution in [-0.4, -0.2) is 38.9 Å². The van der Waals surface area contributed by atoms with Gasteiger partial charge in [-0.15, -0.1) is 0 Å². The first-order valence-corrected chi connectivity index (χ1v) is 10.9.